The van der Waals surface area contributed by atoms with E-state index in [4.69, 9.17) is 34.8 Å². The van der Waals surface area contributed by atoms with Crippen LogP contribution in [0.4, 0.5) is 22.9 Å². The number of aryl methyl sites for hydroxylation is 1. The molecule has 0 bridgehead atoms. The van der Waals surface area contributed by atoms with E-state index < -0.39 is 10.8 Å². The van der Waals surface area contributed by atoms with Crippen molar-refractivity contribution in [3.8, 4) is 0 Å². The Kier molecular flexibility index (Phi) is 6.00. The van der Waals surface area contributed by atoms with Crippen molar-refractivity contribution in [1.29, 1.82) is 0 Å². The summed E-state index contributed by atoms with van der Waals surface area (Å²) in [5.41, 5.74) is 2.34. The van der Waals surface area contributed by atoms with Crippen molar-refractivity contribution >= 4 is 63.6 Å². The van der Waals surface area contributed by atoms with E-state index in [9.17, 15) is 14.9 Å². The highest BCUT2D eigenvalue weighted by Crippen LogP contribution is 2.38. The summed E-state index contributed by atoms with van der Waals surface area (Å²) < 4.78 is 0. The molecular weight excluding hydrogens is 463 g/mol. The highest BCUT2D eigenvalue weighted by molar-refractivity contribution is 6.36. The minimum absolute atomic E-state index is 0.0346. The number of aromatic nitrogens is 1. The first-order valence-corrected chi connectivity index (χ1v) is 10.4. The Labute approximate surface area is 192 Å². The third-order valence-corrected chi connectivity index (χ3v) is 5.72. The normalized spacial score (nSPS) is 12.9. The maximum Gasteiger partial charge on any atom is 0.270 e. The van der Waals surface area contributed by atoms with Gasteiger partial charge >= 0.3 is 0 Å². The highest BCUT2D eigenvalue weighted by Gasteiger charge is 2.22. The van der Waals surface area contributed by atoms with Crippen molar-refractivity contribution in [2.75, 3.05) is 16.8 Å². The van der Waals surface area contributed by atoms with Crippen LogP contribution in [-0.2, 0) is 6.42 Å². The van der Waals surface area contributed by atoms with Gasteiger partial charge in [0, 0.05) is 36.2 Å². The number of nitrogens with one attached hydrogen (secondary N) is 1. The number of benzene rings is 2. The number of nitrogens with zero attached hydrogens (tertiary/aromatic N) is 3. The number of hydrogen-bond acceptors (Lipinski definition) is 5. The number of pyridine rings is 1. The second kappa shape index (κ2) is 8.70. The van der Waals surface area contributed by atoms with Crippen molar-refractivity contribution in [3.63, 3.8) is 0 Å². The third-order valence-electron chi connectivity index (χ3n) is 4.91. The van der Waals surface area contributed by atoms with Gasteiger partial charge in [-0.3, -0.25) is 14.9 Å². The van der Waals surface area contributed by atoms with E-state index >= 15 is 0 Å². The molecule has 1 aliphatic heterocycles. The molecule has 1 amide bonds. The molecule has 0 fully saturated rings. The van der Waals surface area contributed by atoms with Crippen LogP contribution in [0, 0.1) is 10.1 Å². The maximum atomic E-state index is 12.7. The number of hydrogen-bond donors (Lipinski definition) is 1. The maximum absolute atomic E-state index is 12.7. The van der Waals surface area contributed by atoms with E-state index in [-0.39, 0.29) is 16.3 Å². The molecule has 0 radical (unpaired) electrons. The van der Waals surface area contributed by atoms with Crippen LogP contribution in [-0.4, -0.2) is 22.4 Å². The minimum atomic E-state index is -0.573. The third kappa shape index (κ3) is 4.44. The predicted molar refractivity (Wildman–Crippen MR) is 122 cm³/mol. The lowest BCUT2D eigenvalue weighted by Gasteiger charge is -2.31. The van der Waals surface area contributed by atoms with Crippen molar-refractivity contribution in [2.45, 2.75) is 12.8 Å². The summed E-state index contributed by atoms with van der Waals surface area (Å²) in [5.74, 6) is 0.0934. The summed E-state index contributed by atoms with van der Waals surface area (Å²) in [6, 6.07) is 10.9. The fraction of sp³-hybridized carbons (Fsp3) is 0.143. The van der Waals surface area contributed by atoms with Crippen LogP contribution < -0.4 is 10.2 Å². The standard InChI is InChI=1S/C21H15Cl3N4O3/c22-13-9-18(24)20(25-11-13)27-7-1-2-12-8-14(3-6-19(12)27)26-21(29)16-10-15(28(30)31)4-5-17(16)23/h3-6,8-11H,1-2,7H2,(H,26,29). The number of amides is 1. The van der Waals surface area contributed by atoms with Gasteiger partial charge in [0.05, 0.1) is 25.6 Å². The summed E-state index contributed by atoms with van der Waals surface area (Å²) in [5, 5.41) is 14.8. The first-order valence-electron chi connectivity index (χ1n) is 9.30. The van der Waals surface area contributed by atoms with Crippen molar-refractivity contribution in [3.05, 3.63) is 85.0 Å². The Hall–Kier alpha value is -2.87. The Morgan fingerprint density at radius 2 is 1.90 bits per heavy atom. The monoisotopic (exact) mass is 476 g/mol. The molecule has 3 aromatic rings. The summed E-state index contributed by atoms with van der Waals surface area (Å²) in [6.07, 6.45) is 3.24. The molecule has 1 N–H and O–H groups in total. The molecule has 1 aromatic heterocycles. The largest absolute Gasteiger partial charge is 0.325 e. The number of carbonyl (C=O) groups is 1. The number of halogens is 3. The van der Waals surface area contributed by atoms with E-state index in [1.54, 1.807) is 18.3 Å². The lowest BCUT2D eigenvalue weighted by molar-refractivity contribution is -0.384. The quantitative estimate of drug-likeness (QED) is 0.352. The molecule has 0 aliphatic carbocycles. The number of nitro benzene ring substituents is 1. The van der Waals surface area contributed by atoms with Gasteiger partial charge in [-0.2, -0.15) is 0 Å². The molecule has 0 unspecified atom stereocenters. The zero-order chi connectivity index (χ0) is 22.1. The minimum Gasteiger partial charge on any atom is -0.325 e. The number of fused-ring (bicyclic) bond motifs is 1. The van der Waals surface area contributed by atoms with Crippen LogP contribution in [0.5, 0.6) is 0 Å². The smallest absolute Gasteiger partial charge is 0.270 e. The number of nitro groups is 1. The van der Waals surface area contributed by atoms with Gasteiger partial charge in [0.1, 0.15) is 0 Å². The fourth-order valence-electron chi connectivity index (χ4n) is 3.50. The van der Waals surface area contributed by atoms with Gasteiger partial charge in [-0.25, -0.2) is 4.98 Å². The van der Waals surface area contributed by atoms with Crippen LogP contribution in [0.1, 0.15) is 22.3 Å². The molecule has 31 heavy (non-hydrogen) atoms. The second-order valence-electron chi connectivity index (χ2n) is 6.93. The molecule has 1 aliphatic rings. The van der Waals surface area contributed by atoms with Crippen LogP contribution >= 0.6 is 34.8 Å². The van der Waals surface area contributed by atoms with Crippen LogP contribution in [0.2, 0.25) is 15.1 Å². The molecule has 0 atom stereocenters. The molecule has 0 saturated heterocycles. The van der Waals surface area contributed by atoms with Crippen molar-refractivity contribution in [1.82, 2.24) is 4.98 Å². The van der Waals surface area contributed by atoms with Gasteiger partial charge in [-0.1, -0.05) is 34.8 Å². The van der Waals surface area contributed by atoms with E-state index in [1.165, 1.54) is 12.1 Å². The summed E-state index contributed by atoms with van der Waals surface area (Å²) in [6.45, 7) is 0.746. The number of non-ortho nitro benzene ring substituents is 1. The molecular formula is C21H15Cl3N4O3. The van der Waals surface area contributed by atoms with Gasteiger partial charge in [-0.15, -0.1) is 0 Å². The van der Waals surface area contributed by atoms with Crippen LogP contribution in [0.15, 0.2) is 48.7 Å². The average molecular weight is 478 g/mol. The van der Waals surface area contributed by atoms with Crippen LogP contribution in [0.3, 0.4) is 0 Å². The lowest BCUT2D eigenvalue weighted by atomic mass is 10.0. The van der Waals surface area contributed by atoms with Crippen molar-refractivity contribution in [2.24, 2.45) is 0 Å². The predicted octanol–water partition coefficient (Wildman–Crippen LogP) is 6.29. The molecule has 0 saturated carbocycles. The molecule has 2 heterocycles. The molecule has 0 spiro atoms. The fourth-order valence-corrected chi connectivity index (χ4v) is 4.19. The Bertz CT molecular complexity index is 1200. The second-order valence-corrected chi connectivity index (χ2v) is 8.18. The average Bonchev–Trinajstić information content (AvgIpc) is 2.73. The van der Waals surface area contributed by atoms with E-state index in [1.807, 2.05) is 17.0 Å². The van der Waals surface area contributed by atoms with Gasteiger partial charge in [0.25, 0.3) is 11.6 Å². The number of carbonyl (C=O) groups excluding carboxylic acids is 1. The molecule has 4 rings (SSSR count). The SMILES string of the molecule is O=C(Nc1ccc2c(c1)CCCN2c1ncc(Cl)cc1Cl)c1cc([N+](=O)[O-])ccc1Cl. The van der Waals surface area contributed by atoms with Crippen LogP contribution in [0.25, 0.3) is 0 Å². The Balaban J connectivity index is 1.61. The summed E-state index contributed by atoms with van der Waals surface area (Å²) >= 11 is 18.4. The van der Waals surface area contributed by atoms with E-state index in [2.05, 4.69) is 10.3 Å². The zero-order valence-electron chi connectivity index (χ0n) is 15.9. The Morgan fingerprint density at radius 1 is 1.10 bits per heavy atom. The molecule has 7 nitrogen and oxygen atoms in total. The Morgan fingerprint density at radius 3 is 2.65 bits per heavy atom. The van der Waals surface area contributed by atoms with Crippen molar-refractivity contribution < 1.29 is 9.72 Å². The first-order chi connectivity index (χ1) is 14.8. The zero-order valence-corrected chi connectivity index (χ0v) is 18.2. The number of anilines is 3. The molecule has 2 aromatic carbocycles. The van der Waals surface area contributed by atoms with E-state index in [0.717, 1.165) is 36.7 Å². The molecule has 10 heteroatoms. The van der Waals surface area contributed by atoms with Gasteiger partial charge in [0.15, 0.2) is 5.82 Å². The molecule has 158 valence electrons. The van der Waals surface area contributed by atoms with Gasteiger partial charge in [0.2, 0.25) is 0 Å². The lowest BCUT2D eigenvalue weighted by Crippen LogP contribution is -2.25. The summed E-state index contributed by atoms with van der Waals surface area (Å²) in [4.78, 5) is 29.5. The van der Waals surface area contributed by atoms with Gasteiger partial charge in [-0.05, 0) is 48.7 Å². The highest BCUT2D eigenvalue weighted by atomic mass is 35.5. The first kappa shape index (κ1) is 21.4. The summed E-state index contributed by atoms with van der Waals surface area (Å²) in [7, 11) is 0. The van der Waals surface area contributed by atoms with Gasteiger partial charge < -0.3 is 10.2 Å². The number of rotatable bonds is 4. The van der Waals surface area contributed by atoms with E-state index in [0.29, 0.717) is 21.6 Å². The topological polar surface area (TPSA) is 88.4 Å².